The number of nitrogens with one attached hydrogen (secondary N) is 1. The summed E-state index contributed by atoms with van der Waals surface area (Å²) in [4.78, 5) is 7.79. The van der Waals surface area contributed by atoms with E-state index in [-0.39, 0.29) is 0 Å². The second-order valence-electron chi connectivity index (χ2n) is 4.23. The fourth-order valence-corrected chi connectivity index (χ4v) is 2.11. The number of rotatable bonds is 2. The van der Waals surface area contributed by atoms with Gasteiger partial charge in [-0.05, 0) is 29.8 Å². The molecular weight excluding hydrogens is 246 g/mol. The molecule has 0 saturated heterocycles. The largest absolute Gasteiger partial charge is 0.397 e. The van der Waals surface area contributed by atoms with Crippen LogP contribution in [-0.4, -0.2) is 9.97 Å². The van der Waals surface area contributed by atoms with Crippen LogP contribution in [0.1, 0.15) is 11.4 Å². The van der Waals surface area contributed by atoms with Crippen LogP contribution < -0.4 is 5.73 Å². The first-order chi connectivity index (χ1) is 8.72. The van der Waals surface area contributed by atoms with Crippen LogP contribution in [-0.2, 0) is 6.42 Å². The van der Waals surface area contributed by atoms with Gasteiger partial charge in [0.1, 0.15) is 11.3 Å². The Bertz CT molecular complexity index is 686. The van der Waals surface area contributed by atoms with E-state index in [4.69, 9.17) is 17.3 Å². The molecule has 18 heavy (non-hydrogen) atoms. The molecule has 4 heteroatoms. The maximum Gasteiger partial charge on any atom is 0.111 e. The third-order valence-corrected chi connectivity index (χ3v) is 3.13. The Kier molecular flexibility index (Phi) is 2.68. The van der Waals surface area contributed by atoms with Gasteiger partial charge in [0, 0.05) is 11.4 Å². The maximum absolute atomic E-state index is 5.88. The molecule has 0 saturated carbocycles. The molecule has 2 aromatic carbocycles. The number of anilines is 1. The molecule has 0 bridgehead atoms. The van der Waals surface area contributed by atoms with Gasteiger partial charge in [-0.1, -0.05) is 29.8 Å². The Labute approximate surface area is 110 Å². The summed E-state index contributed by atoms with van der Waals surface area (Å²) in [5.74, 6) is 0.908. The van der Waals surface area contributed by atoms with Crippen molar-refractivity contribution >= 4 is 28.3 Å². The van der Waals surface area contributed by atoms with E-state index in [0.29, 0.717) is 5.69 Å². The second-order valence-corrected chi connectivity index (χ2v) is 4.67. The third-order valence-electron chi connectivity index (χ3n) is 2.88. The number of hydrogen-bond acceptors (Lipinski definition) is 2. The van der Waals surface area contributed by atoms with Crippen LogP contribution in [0.4, 0.5) is 5.69 Å². The highest BCUT2D eigenvalue weighted by Gasteiger charge is 2.05. The molecule has 0 fully saturated rings. The van der Waals surface area contributed by atoms with Gasteiger partial charge in [-0.2, -0.15) is 0 Å². The monoisotopic (exact) mass is 257 g/mol. The molecule has 0 aliphatic rings. The first kappa shape index (κ1) is 11.1. The van der Waals surface area contributed by atoms with Gasteiger partial charge in [-0.3, -0.25) is 0 Å². The van der Waals surface area contributed by atoms with Gasteiger partial charge in [0.25, 0.3) is 0 Å². The van der Waals surface area contributed by atoms with Gasteiger partial charge >= 0.3 is 0 Å². The van der Waals surface area contributed by atoms with E-state index in [1.54, 1.807) is 0 Å². The van der Waals surface area contributed by atoms with Crippen LogP contribution in [0.5, 0.6) is 0 Å². The molecule has 3 nitrogen and oxygen atoms in total. The number of halogens is 1. The van der Waals surface area contributed by atoms with Crippen LogP contribution in [0.2, 0.25) is 5.02 Å². The third kappa shape index (κ3) is 2.05. The summed E-state index contributed by atoms with van der Waals surface area (Å²) in [6.07, 6.45) is 0.741. The first-order valence-electron chi connectivity index (χ1n) is 5.70. The van der Waals surface area contributed by atoms with Crippen molar-refractivity contribution in [1.29, 1.82) is 0 Å². The number of fused-ring (bicyclic) bond motifs is 1. The number of nitrogens with zero attached hydrogens (tertiary/aromatic N) is 1. The highest BCUT2D eigenvalue weighted by molar-refractivity contribution is 6.30. The van der Waals surface area contributed by atoms with E-state index in [0.717, 1.165) is 33.9 Å². The number of benzene rings is 2. The lowest BCUT2D eigenvalue weighted by Gasteiger charge is -1.97. The molecule has 1 heterocycles. The summed E-state index contributed by atoms with van der Waals surface area (Å²) >= 11 is 5.86. The maximum atomic E-state index is 5.88. The fourth-order valence-electron chi connectivity index (χ4n) is 1.98. The summed E-state index contributed by atoms with van der Waals surface area (Å²) in [6.45, 7) is 0. The Morgan fingerprint density at radius 2 is 1.89 bits per heavy atom. The van der Waals surface area contributed by atoms with Crippen molar-refractivity contribution in [2.45, 2.75) is 6.42 Å². The minimum atomic E-state index is 0.700. The van der Waals surface area contributed by atoms with Gasteiger partial charge < -0.3 is 10.7 Å². The van der Waals surface area contributed by atoms with Crippen molar-refractivity contribution in [1.82, 2.24) is 9.97 Å². The van der Waals surface area contributed by atoms with Crippen molar-refractivity contribution < 1.29 is 0 Å². The van der Waals surface area contributed by atoms with Gasteiger partial charge in [0.15, 0.2) is 0 Å². The molecule has 0 unspecified atom stereocenters. The van der Waals surface area contributed by atoms with E-state index >= 15 is 0 Å². The molecule has 1 aromatic heterocycles. The highest BCUT2D eigenvalue weighted by atomic mass is 35.5. The Hall–Kier alpha value is -2.00. The van der Waals surface area contributed by atoms with Crippen LogP contribution in [0, 0.1) is 0 Å². The van der Waals surface area contributed by atoms with Crippen molar-refractivity contribution in [3.8, 4) is 0 Å². The zero-order chi connectivity index (χ0) is 12.5. The number of H-pyrrole nitrogens is 1. The summed E-state index contributed by atoms with van der Waals surface area (Å²) < 4.78 is 0. The molecule has 0 atom stereocenters. The standard InChI is InChI=1S/C14H12ClN3/c15-10-6-4-9(5-7-10)8-13-17-12-3-1-2-11(16)14(12)18-13/h1-7H,8,16H2,(H,17,18). The van der Waals surface area contributed by atoms with Gasteiger partial charge in [-0.25, -0.2) is 4.98 Å². The Balaban J connectivity index is 1.95. The van der Waals surface area contributed by atoms with Crippen molar-refractivity contribution in [2.75, 3.05) is 5.73 Å². The molecule has 3 aromatic rings. The molecule has 0 radical (unpaired) electrons. The molecule has 0 aliphatic carbocycles. The quantitative estimate of drug-likeness (QED) is 0.692. The molecular formula is C14H12ClN3. The first-order valence-corrected chi connectivity index (χ1v) is 6.08. The zero-order valence-electron chi connectivity index (χ0n) is 9.65. The summed E-state index contributed by atoms with van der Waals surface area (Å²) in [5.41, 5.74) is 9.55. The lowest BCUT2D eigenvalue weighted by molar-refractivity contribution is 1.04. The van der Waals surface area contributed by atoms with Crippen molar-refractivity contribution in [2.24, 2.45) is 0 Å². The topological polar surface area (TPSA) is 54.7 Å². The molecule has 3 rings (SSSR count). The normalized spacial score (nSPS) is 10.9. The lowest BCUT2D eigenvalue weighted by Crippen LogP contribution is -1.90. The predicted octanol–water partition coefficient (Wildman–Crippen LogP) is 3.39. The average molecular weight is 258 g/mol. The fraction of sp³-hybridized carbons (Fsp3) is 0.0714. The second kappa shape index (κ2) is 4.35. The molecule has 0 amide bonds. The van der Waals surface area contributed by atoms with E-state index in [1.165, 1.54) is 0 Å². The van der Waals surface area contributed by atoms with Crippen molar-refractivity contribution in [3.63, 3.8) is 0 Å². The number of imidazole rings is 1. The zero-order valence-corrected chi connectivity index (χ0v) is 10.4. The minimum Gasteiger partial charge on any atom is -0.397 e. The molecule has 0 spiro atoms. The van der Waals surface area contributed by atoms with Gasteiger partial charge in [0.05, 0.1) is 11.2 Å². The number of nitrogen functional groups attached to an aromatic ring is 1. The van der Waals surface area contributed by atoms with Gasteiger partial charge in [0.2, 0.25) is 0 Å². The molecule has 3 N–H and O–H groups in total. The predicted molar refractivity (Wildman–Crippen MR) is 74.8 cm³/mol. The Morgan fingerprint density at radius 1 is 1.11 bits per heavy atom. The van der Waals surface area contributed by atoms with Crippen molar-refractivity contribution in [3.05, 3.63) is 58.9 Å². The molecule has 90 valence electrons. The summed E-state index contributed by atoms with van der Waals surface area (Å²) in [5, 5.41) is 0.743. The smallest absolute Gasteiger partial charge is 0.111 e. The number of para-hydroxylation sites is 1. The SMILES string of the molecule is Nc1cccc2[nH]c(Cc3ccc(Cl)cc3)nc12. The lowest BCUT2D eigenvalue weighted by atomic mass is 10.1. The summed E-state index contributed by atoms with van der Waals surface area (Å²) in [7, 11) is 0. The van der Waals surface area contributed by atoms with Crippen LogP contribution >= 0.6 is 11.6 Å². The van der Waals surface area contributed by atoms with Crippen LogP contribution in [0.3, 0.4) is 0 Å². The van der Waals surface area contributed by atoms with Crippen LogP contribution in [0.25, 0.3) is 11.0 Å². The Morgan fingerprint density at radius 3 is 2.61 bits per heavy atom. The van der Waals surface area contributed by atoms with E-state index < -0.39 is 0 Å². The van der Waals surface area contributed by atoms with E-state index in [1.807, 2.05) is 42.5 Å². The molecule has 0 aliphatic heterocycles. The van der Waals surface area contributed by atoms with E-state index in [9.17, 15) is 0 Å². The number of nitrogens with two attached hydrogens (primary N) is 1. The van der Waals surface area contributed by atoms with Gasteiger partial charge in [-0.15, -0.1) is 0 Å². The number of hydrogen-bond donors (Lipinski definition) is 2. The number of aromatic amines is 1. The van der Waals surface area contributed by atoms with E-state index in [2.05, 4.69) is 9.97 Å². The minimum absolute atomic E-state index is 0.700. The highest BCUT2D eigenvalue weighted by Crippen LogP contribution is 2.19. The average Bonchev–Trinajstić information content (AvgIpc) is 2.76. The van der Waals surface area contributed by atoms with Crippen LogP contribution in [0.15, 0.2) is 42.5 Å². The summed E-state index contributed by atoms with van der Waals surface area (Å²) in [6, 6.07) is 13.5. The number of aromatic nitrogens is 2.